The molecular formula is C16H29P. The van der Waals surface area contributed by atoms with Crippen molar-refractivity contribution in [3.8, 4) is 0 Å². The molecule has 2 bridgehead atoms. The largest absolute Gasteiger partial charge is 0.103 e. The van der Waals surface area contributed by atoms with Gasteiger partial charge < -0.3 is 0 Å². The number of hydrogen-bond donors (Lipinski definition) is 0. The molecule has 0 nitrogen and oxygen atoms in total. The molecule has 3 atom stereocenters. The van der Waals surface area contributed by atoms with E-state index in [0.717, 1.165) is 10.8 Å². The number of allylic oxidation sites excluding steroid dienone is 1. The van der Waals surface area contributed by atoms with Crippen LogP contribution < -0.4 is 0 Å². The van der Waals surface area contributed by atoms with E-state index in [2.05, 4.69) is 19.6 Å². The third-order valence-corrected chi connectivity index (χ3v) is 8.99. The van der Waals surface area contributed by atoms with Gasteiger partial charge in [-0.05, 0) is 55.5 Å². The molecule has 98 valence electrons. The first kappa shape index (κ1) is 13.6. The standard InChI is InChI=1S/C16H29P/c1-3-5-8-14-17-15-9-6-7-12-16(17,11-4-2)13-10-15/h4,15H,2-3,5-14H2,1H3. The zero-order valence-corrected chi connectivity index (χ0v) is 12.5. The smallest absolute Gasteiger partial charge is 0.00574 e. The predicted octanol–water partition coefficient (Wildman–Crippen LogP) is 5.71. The van der Waals surface area contributed by atoms with E-state index in [0.29, 0.717) is 7.92 Å². The topological polar surface area (TPSA) is 0 Å². The number of fused-ring (bicyclic) bond motifs is 2. The molecule has 1 heteroatoms. The van der Waals surface area contributed by atoms with Gasteiger partial charge in [-0.15, -0.1) is 6.58 Å². The van der Waals surface area contributed by atoms with E-state index in [-0.39, 0.29) is 0 Å². The van der Waals surface area contributed by atoms with Crippen molar-refractivity contribution in [2.75, 3.05) is 6.16 Å². The van der Waals surface area contributed by atoms with Crippen LogP contribution in [0.15, 0.2) is 12.7 Å². The highest BCUT2D eigenvalue weighted by Gasteiger charge is 2.46. The van der Waals surface area contributed by atoms with Crippen molar-refractivity contribution in [2.24, 2.45) is 0 Å². The second-order valence-electron chi connectivity index (χ2n) is 6.06. The van der Waals surface area contributed by atoms with Crippen molar-refractivity contribution in [1.82, 2.24) is 0 Å². The third-order valence-electron chi connectivity index (χ3n) is 4.95. The van der Waals surface area contributed by atoms with Crippen molar-refractivity contribution >= 4 is 7.92 Å². The molecular weight excluding hydrogens is 223 g/mol. The minimum atomic E-state index is 0.317. The first-order valence-corrected chi connectivity index (χ1v) is 9.29. The number of rotatable bonds is 6. The Labute approximate surface area is 109 Å². The van der Waals surface area contributed by atoms with Crippen LogP contribution in [0.4, 0.5) is 0 Å². The van der Waals surface area contributed by atoms with Crippen LogP contribution in [0, 0.1) is 0 Å². The fourth-order valence-corrected chi connectivity index (χ4v) is 8.41. The summed E-state index contributed by atoms with van der Waals surface area (Å²) in [6, 6.07) is 0. The molecule has 0 saturated carbocycles. The number of hydrogen-bond acceptors (Lipinski definition) is 0. The molecule has 2 saturated heterocycles. The lowest BCUT2D eigenvalue weighted by molar-refractivity contribution is 0.455. The summed E-state index contributed by atoms with van der Waals surface area (Å²) in [6.45, 7) is 6.37. The Morgan fingerprint density at radius 3 is 2.88 bits per heavy atom. The Morgan fingerprint density at radius 1 is 1.24 bits per heavy atom. The van der Waals surface area contributed by atoms with Gasteiger partial charge in [0.25, 0.3) is 0 Å². The summed E-state index contributed by atoms with van der Waals surface area (Å²) in [5.41, 5.74) is 1.13. The van der Waals surface area contributed by atoms with Crippen molar-refractivity contribution in [2.45, 2.75) is 81.9 Å². The summed E-state index contributed by atoms with van der Waals surface area (Å²) in [4.78, 5) is 0. The maximum atomic E-state index is 4.04. The second-order valence-corrected chi connectivity index (χ2v) is 9.12. The van der Waals surface area contributed by atoms with Crippen molar-refractivity contribution < 1.29 is 0 Å². The van der Waals surface area contributed by atoms with Crippen LogP contribution in [0.25, 0.3) is 0 Å². The first-order chi connectivity index (χ1) is 8.32. The Kier molecular flexibility index (Phi) is 5.10. The highest BCUT2D eigenvalue weighted by molar-refractivity contribution is 7.60. The lowest BCUT2D eigenvalue weighted by Gasteiger charge is -2.36. The Morgan fingerprint density at radius 2 is 2.12 bits per heavy atom. The number of unbranched alkanes of at least 4 members (excludes halogenated alkanes) is 2. The van der Waals surface area contributed by atoms with E-state index in [1.807, 2.05) is 0 Å². The highest BCUT2D eigenvalue weighted by Crippen LogP contribution is 2.68. The van der Waals surface area contributed by atoms with Crippen LogP contribution in [0.1, 0.15) is 71.1 Å². The van der Waals surface area contributed by atoms with E-state index in [1.54, 1.807) is 19.0 Å². The molecule has 17 heavy (non-hydrogen) atoms. The normalized spacial score (nSPS) is 36.8. The van der Waals surface area contributed by atoms with Gasteiger partial charge in [0.1, 0.15) is 0 Å². The third kappa shape index (κ3) is 2.95. The Bertz CT molecular complexity index is 248. The molecule has 0 aromatic rings. The van der Waals surface area contributed by atoms with Crippen LogP contribution >= 0.6 is 7.92 Å². The van der Waals surface area contributed by atoms with Gasteiger partial charge >= 0.3 is 0 Å². The average Bonchev–Trinajstić information content (AvgIpc) is 2.53. The summed E-state index contributed by atoms with van der Waals surface area (Å²) in [5.74, 6) is 0. The SMILES string of the molecule is C=CCC12CCCCC(CC1)P2CCCCC. The highest BCUT2D eigenvalue weighted by atomic mass is 31.1. The van der Waals surface area contributed by atoms with Crippen molar-refractivity contribution in [1.29, 1.82) is 0 Å². The molecule has 0 aromatic carbocycles. The summed E-state index contributed by atoms with van der Waals surface area (Å²) in [6.07, 6.45) is 18.6. The van der Waals surface area contributed by atoms with E-state index >= 15 is 0 Å². The van der Waals surface area contributed by atoms with Gasteiger partial charge in [-0.2, -0.15) is 0 Å². The fourth-order valence-electron chi connectivity index (χ4n) is 4.07. The fraction of sp³-hybridized carbons (Fsp3) is 0.875. The summed E-state index contributed by atoms with van der Waals surface area (Å²) in [5, 5.41) is 0.742. The van der Waals surface area contributed by atoms with Crippen LogP contribution in [-0.2, 0) is 0 Å². The molecule has 0 aromatic heterocycles. The zero-order valence-electron chi connectivity index (χ0n) is 11.6. The van der Waals surface area contributed by atoms with E-state index in [9.17, 15) is 0 Å². The molecule has 0 radical (unpaired) electrons. The molecule has 2 aliphatic heterocycles. The van der Waals surface area contributed by atoms with Gasteiger partial charge in [-0.1, -0.05) is 46.6 Å². The molecule has 0 N–H and O–H groups in total. The van der Waals surface area contributed by atoms with Gasteiger partial charge in [0, 0.05) is 0 Å². The van der Waals surface area contributed by atoms with Crippen LogP contribution in [0.5, 0.6) is 0 Å². The van der Waals surface area contributed by atoms with E-state index in [4.69, 9.17) is 0 Å². The minimum Gasteiger partial charge on any atom is -0.103 e. The van der Waals surface area contributed by atoms with Gasteiger partial charge in [0.2, 0.25) is 0 Å². The van der Waals surface area contributed by atoms with E-state index in [1.165, 1.54) is 51.4 Å². The van der Waals surface area contributed by atoms with Crippen LogP contribution in [0.2, 0.25) is 0 Å². The molecule has 2 aliphatic rings. The average molecular weight is 252 g/mol. The molecule has 2 rings (SSSR count). The van der Waals surface area contributed by atoms with Crippen molar-refractivity contribution in [3.05, 3.63) is 12.7 Å². The molecule has 0 aliphatic carbocycles. The monoisotopic (exact) mass is 252 g/mol. The summed E-state index contributed by atoms with van der Waals surface area (Å²) in [7, 11) is 0.317. The Hall–Kier alpha value is 0.170. The molecule has 0 spiro atoms. The van der Waals surface area contributed by atoms with Crippen LogP contribution in [-0.4, -0.2) is 17.0 Å². The molecule has 3 unspecified atom stereocenters. The van der Waals surface area contributed by atoms with Gasteiger partial charge in [0.05, 0.1) is 0 Å². The maximum absolute atomic E-state index is 4.04. The molecule has 2 fully saturated rings. The summed E-state index contributed by atoms with van der Waals surface area (Å²) >= 11 is 0. The Balaban J connectivity index is 2.04. The molecule has 2 heterocycles. The van der Waals surface area contributed by atoms with E-state index < -0.39 is 0 Å². The zero-order chi connectivity index (χ0) is 12.1. The lowest BCUT2D eigenvalue weighted by atomic mass is 9.89. The van der Waals surface area contributed by atoms with Crippen molar-refractivity contribution in [3.63, 3.8) is 0 Å². The van der Waals surface area contributed by atoms with Gasteiger partial charge in [0.15, 0.2) is 0 Å². The lowest BCUT2D eigenvalue weighted by Crippen LogP contribution is -2.23. The van der Waals surface area contributed by atoms with Crippen LogP contribution in [0.3, 0.4) is 0 Å². The quantitative estimate of drug-likeness (QED) is 0.322. The predicted molar refractivity (Wildman–Crippen MR) is 80.3 cm³/mol. The van der Waals surface area contributed by atoms with Gasteiger partial charge in [-0.3, -0.25) is 0 Å². The molecule has 0 amide bonds. The first-order valence-electron chi connectivity index (χ1n) is 7.70. The maximum Gasteiger partial charge on any atom is -0.00574 e. The van der Waals surface area contributed by atoms with Gasteiger partial charge in [-0.25, -0.2) is 0 Å². The second kappa shape index (κ2) is 6.37. The minimum absolute atomic E-state index is 0.317. The summed E-state index contributed by atoms with van der Waals surface area (Å²) < 4.78 is 0.